The number of carbonyl (C=O) groups is 2. The number of aromatic nitrogens is 7. The lowest BCUT2D eigenvalue weighted by Crippen LogP contribution is -2.42. The van der Waals surface area contributed by atoms with E-state index in [1.54, 1.807) is 21.9 Å². The minimum atomic E-state index is -0.557. The normalized spacial score (nSPS) is 17.0. The molecule has 1 saturated heterocycles. The van der Waals surface area contributed by atoms with Crippen molar-refractivity contribution < 1.29 is 14.0 Å². The smallest absolute Gasteiger partial charge is 0.275 e. The summed E-state index contributed by atoms with van der Waals surface area (Å²) in [5, 5.41) is 11.7. The van der Waals surface area contributed by atoms with Crippen LogP contribution in [0.2, 0.25) is 0 Å². The Hall–Kier alpha value is -4.30. The molecule has 2 aliphatic rings. The van der Waals surface area contributed by atoms with Gasteiger partial charge in [-0.1, -0.05) is 21.1 Å². The van der Waals surface area contributed by atoms with Gasteiger partial charge in [-0.05, 0) is 68.1 Å². The molecule has 14 heteroatoms. The standard InChI is InChI=1S/C28H23BrFN9O2S/c29-17-5-8-19(9-6-17)38-11-1-2-24(27(38)41)39-14-22(34-36-39)20-12-18(7-10-21(20)30)32-26(40)23-13-37(15-31-23)28-33-25(35-42-28)16-3-4-16/h5-10,12-16,24H,1-4,11H2,(H,32,40). The van der Waals surface area contributed by atoms with Crippen molar-refractivity contribution in [2.45, 2.75) is 37.6 Å². The predicted octanol–water partition coefficient (Wildman–Crippen LogP) is 5.38. The van der Waals surface area contributed by atoms with Gasteiger partial charge in [-0.2, -0.15) is 4.37 Å². The lowest BCUT2D eigenvalue weighted by molar-refractivity contribution is -0.123. The number of hydrogen-bond donors (Lipinski definition) is 1. The number of anilines is 2. The van der Waals surface area contributed by atoms with Crippen LogP contribution in [0, 0.1) is 5.82 Å². The SMILES string of the molecule is O=C(Nc1ccc(F)c(-c2cn(C3CCCN(c4ccc(Br)cc4)C3=O)nn2)c1)c1cn(-c2nc(C3CC3)ns2)cn1. The molecule has 1 unspecified atom stereocenters. The molecule has 0 radical (unpaired) electrons. The van der Waals surface area contributed by atoms with Gasteiger partial charge >= 0.3 is 0 Å². The topological polar surface area (TPSA) is 124 Å². The van der Waals surface area contributed by atoms with Crippen molar-refractivity contribution >= 4 is 50.7 Å². The summed E-state index contributed by atoms with van der Waals surface area (Å²) in [6, 6.07) is 11.2. The van der Waals surface area contributed by atoms with E-state index in [-0.39, 0.29) is 22.9 Å². The van der Waals surface area contributed by atoms with Gasteiger partial charge in [0, 0.05) is 51.6 Å². The number of piperidine rings is 1. The summed E-state index contributed by atoms with van der Waals surface area (Å²) in [5.41, 5.74) is 1.76. The van der Waals surface area contributed by atoms with Crippen LogP contribution in [0.5, 0.6) is 0 Å². The van der Waals surface area contributed by atoms with Crippen molar-refractivity contribution in [2.24, 2.45) is 0 Å². The average Bonchev–Trinajstić information content (AvgIpc) is 3.37. The van der Waals surface area contributed by atoms with E-state index in [0.717, 1.165) is 35.2 Å². The molecule has 1 saturated carbocycles. The molecule has 5 aromatic rings. The third kappa shape index (κ3) is 5.23. The van der Waals surface area contributed by atoms with E-state index in [9.17, 15) is 14.0 Å². The Kier molecular flexibility index (Phi) is 6.86. The van der Waals surface area contributed by atoms with Gasteiger partial charge in [-0.3, -0.25) is 14.2 Å². The van der Waals surface area contributed by atoms with Gasteiger partial charge in [0.2, 0.25) is 5.13 Å². The summed E-state index contributed by atoms with van der Waals surface area (Å²) in [5.74, 6) is 0.185. The molecule has 4 heterocycles. The predicted molar refractivity (Wildman–Crippen MR) is 157 cm³/mol. The molecule has 1 aliphatic carbocycles. The molecule has 1 N–H and O–H groups in total. The Bertz CT molecular complexity index is 1800. The van der Waals surface area contributed by atoms with Crippen molar-refractivity contribution in [2.75, 3.05) is 16.8 Å². The molecule has 7 rings (SSSR count). The molecule has 2 fully saturated rings. The third-order valence-electron chi connectivity index (χ3n) is 7.29. The Labute approximate surface area is 251 Å². The van der Waals surface area contributed by atoms with E-state index in [0.29, 0.717) is 29.7 Å². The van der Waals surface area contributed by atoms with Gasteiger partial charge in [-0.25, -0.2) is 19.0 Å². The van der Waals surface area contributed by atoms with E-state index in [2.05, 4.69) is 45.9 Å². The van der Waals surface area contributed by atoms with Gasteiger partial charge in [0.15, 0.2) is 0 Å². The minimum absolute atomic E-state index is 0.0989. The number of amides is 2. The fourth-order valence-corrected chi connectivity index (χ4v) is 5.87. The lowest BCUT2D eigenvalue weighted by Gasteiger charge is -2.32. The summed E-state index contributed by atoms with van der Waals surface area (Å²) in [7, 11) is 0. The number of hydrogen-bond acceptors (Lipinski definition) is 8. The van der Waals surface area contributed by atoms with E-state index < -0.39 is 17.8 Å². The van der Waals surface area contributed by atoms with E-state index in [1.165, 1.54) is 40.7 Å². The summed E-state index contributed by atoms with van der Waals surface area (Å²) in [4.78, 5) is 36.8. The van der Waals surface area contributed by atoms with Crippen molar-refractivity contribution in [1.29, 1.82) is 0 Å². The second-order valence-electron chi connectivity index (χ2n) is 10.2. The number of nitrogens with zero attached hydrogens (tertiary/aromatic N) is 8. The van der Waals surface area contributed by atoms with Gasteiger partial charge < -0.3 is 10.2 Å². The zero-order chi connectivity index (χ0) is 28.8. The van der Waals surface area contributed by atoms with Gasteiger partial charge in [0.1, 0.15) is 35.4 Å². The third-order valence-corrected chi connectivity index (χ3v) is 8.56. The van der Waals surface area contributed by atoms with E-state index >= 15 is 0 Å². The van der Waals surface area contributed by atoms with Crippen molar-refractivity contribution in [3.05, 3.63) is 83.0 Å². The van der Waals surface area contributed by atoms with Crippen LogP contribution in [0.25, 0.3) is 16.4 Å². The maximum atomic E-state index is 14.9. The minimum Gasteiger partial charge on any atom is -0.321 e. The molecule has 2 amide bonds. The molecular weight excluding hydrogens is 625 g/mol. The van der Waals surface area contributed by atoms with Crippen molar-refractivity contribution in [3.63, 3.8) is 0 Å². The first-order valence-corrected chi connectivity index (χ1v) is 15.0. The Morgan fingerprint density at radius 1 is 1.10 bits per heavy atom. The number of benzene rings is 2. The van der Waals surface area contributed by atoms with Gasteiger partial charge in [0.05, 0.1) is 6.20 Å². The fourth-order valence-electron chi connectivity index (χ4n) is 4.91. The van der Waals surface area contributed by atoms with Gasteiger partial charge in [0.25, 0.3) is 11.8 Å². The van der Waals surface area contributed by atoms with Crippen molar-refractivity contribution in [3.8, 4) is 16.4 Å². The molecule has 42 heavy (non-hydrogen) atoms. The first kappa shape index (κ1) is 26.6. The van der Waals surface area contributed by atoms with Gasteiger partial charge in [-0.15, -0.1) is 5.10 Å². The number of carbonyl (C=O) groups excluding carboxylic acids is 2. The average molecular weight is 649 g/mol. The molecule has 0 bridgehead atoms. The van der Waals surface area contributed by atoms with Crippen LogP contribution in [-0.4, -0.2) is 52.3 Å². The summed E-state index contributed by atoms with van der Waals surface area (Å²) < 4.78 is 23.4. The molecule has 11 nitrogen and oxygen atoms in total. The number of rotatable bonds is 7. The molecular formula is C28H23BrFN9O2S. The number of nitrogens with one attached hydrogen (secondary N) is 1. The second kappa shape index (κ2) is 10.8. The largest absolute Gasteiger partial charge is 0.321 e. The Morgan fingerprint density at radius 3 is 2.74 bits per heavy atom. The van der Waals surface area contributed by atoms with Crippen LogP contribution >= 0.6 is 27.5 Å². The Morgan fingerprint density at radius 2 is 1.93 bits per heavy atom. The van der Waals surface area contributed by atoms with Crippen LogP contribution in [0.15, 0.2) is 65.7 Å². The van der Waals surface area contributed by atoms with Crippen molar-refractivity contribution in [1.82, 2.24) is 33.9 Å². The zero-order valence-electron chi connectivity index (χ0n) is 22.0. The maximum absolute atomic E-state index is 14.9. The molecule has 1 atom stereocenters. The molecule has 1 aliphatic heterocycles. The molecule has 2 aromatic carbocycles. The molecule has 0 spiro atoms. The van der Waals surface area contributed by atoms with Crippen LogP contribution in [0.3, 0.4) is 0 Å². The van der Waals surface area contributed by atoms with E-state index in [1.807, 2.05) is 24.3 Å². The fraction of sp³-hybridized carbons (Fsp3) is 0.250. The highest BCUT2D eigenvalue weighted by molar-refractivity contribution is 9.10. The molecule has 3 aromatic heterocycles. The highest BCUT2D eigenvalue weighted by Gasteiger charge is 2.32. The zero-order valence-corrected chi connectivity index (χ0v) is 24.4. The highest BCUT2D eigenvalue weighted by atomic mass is 79.9. The molecule has 212 valence electrons. The first-order valence-electron chi connectivity index (χ1n) is 13.4. The highest BCUT2D eigenvalue weighted by Crippen LogP contribution is 2.39. The van der Waals surface area contributed by atoms with Crippen LogP contribution < -0.4 is 10.2 Å². The first-order chi connectivity index (χ1) is 20.4. The monoisotopic (exact) mass is 647 g/mol. The van der Waals surface area contributed by atoms with Crippen LogP contribution in [0.4, 0.5) is 15.8 Å². The quantitative estimate of drug-likeness (QED) is 0.251. The summed E-state index contributed by atoms with van der Waals surface area (Å²) in [6.07, 6.45) is 8.26. The summed E-state index contributed by atoms with van der Waals surface area (Å²) >= 11 is 4.68. The Balaban J connectivity index is 1.07. The maximum Gasteiger partial charge on any atom is 0.275 e. The van der Waals surface area contributed by atoms with E-state index in [4.69, 9.17) is 0 Å². The summed E-state index contributed by atoms with van der Waals surface area (Å²) in [6.45, 7) is 0.607. The van der Waals surface area contributed by atoms with Crippen LogP contribution in [-0.2, 0) is 4.79 Å². The lowest BCUT2D eigenvalue weighted by atomic mass is 10.0. The number of imidazole rings is 1. The number of halogens is 2. The van der Waals surface area contributed by atoms with Crippen LogP contribution in [0.1, 0.15) is 54.0 Å². The second-order valence-corrected chi connectivity index (χ2v) is 11.9.